The molecule has 1 saturated carbocycles. The van der Waals surface area contributed by atoms with Crippen LogP contribution in [0.3, 0.4) is 0 Å². The minimum absolute atomic E-state index is 0.0986. The van der Waals surface area contributed by atoms with E-state index in [1.807, 2.05) is 50.1 Å². The van der Waals surface area contributed by atoms with Crippen molar-refractivity contribution in [1.29, 1.82) is 0 Å². The Kier molecular flexibility index (Phi) is 12.8. The van der Waals surface area contributed by atoms with Crippen LogP contribution in [0.1, 0.15) is 81.7 Å². The van der Waals surface area contributed by atoms with Crippen LogP contribution in [-0.2, 0) is 55.4 Å². The standard InChI is InChI=1S/C46H58N4O9.C4H6O5/c1-8-42(54)23-28-24-45(40(52)57-6,36-30(15-19-49(25-28)26-42)29-13-10-11-14-33(29)47-36)32-21-31-34(22-35(32)56-5)48(4)38-44(31)17-20-50-18-12-16-43(9-2,37(44)50)39(59-27(3)51)46(38,55)41(53)58-7;5-2(4(8)9)1-3(6)7/h10-14,16,21-22,28,37-39,47,54-55H,8-9,15,17-20,23-26H2,1-7H3;2,5H,1H2,(H,6,7)(H,8,9)/t28-,37+,38-,39-,42+,43-,44-,45+,46+;/m1./s1. The quantitative estimate of drug-likeness (QED) is 0.0972. The predicted molar refractivity (Wildman–Crippen MR) is 246 cm³/mol. The molecule has 368 valence electrons. The molecule has 5 aliphatic heterocycles. The first-order valence-corrected chi connectivity index (χ1v) is 23.4. The van der Waals surface area contributed by atoms with E-state index in [9.17, 15) is 29.4 Å². The van der Waals surface area contributed by atoms with Crippen molar-refractivity contribution < 1.29 is 68.5 Å². The number of anilines is 1. The van der Waals surface area contributed by atoms with Gasteiger partial charge in [-0.25, -0.2) is 9.59 Å². The van der Waals surface area contributed by atoms with Crippen LogP contribution in [0.4, 0.5) is 5.69 Å². The summed E-state index contributed by atoms with van der Waals surface area (Å²) in [5.41, 5.74) is -1.62. The molecule has 68 heavy (non-hydrogen) atoms. The smallest absolute Gasteiger partial charge is 0.344 e. The second-order valence-corrected chi connectivity index (χ2v) is 19.7. The van der Waals surface area contributed by atoms with Gasteiger partial charge in [0.1, 0.15) is 11.2 Å². The van der Waals surface area contributed by atoms with Crippen molar-refractivity contribution in [3.63, 3.8) is 0 Å². The third kappa shape index (κ3) is 7.19. The number of aromatic amines is 1. The molecule has 2 unspecified atom stereocenters. The second kappa shape index (κ2) is 17.8. The summed E-state index contributed by atoms with van der Waals surface area (Å²) in [5, 5.41) is 50.5. The monoisotopic (exact) mass is 944 g/mol. The van der Waals surface area contributed by atoms with Gasteiger partial charge in [0.15, 0.2) is 12.2 Å². The number of aliphatic hydroxyl groups excluding tert-OH is 1. The number of esters is 3. The van der Waals surface area contributed by atoms with Gasteiger partial charge in [0.05, 0.1) is 39.4 Å². The van der Waals surface area contributed by atoms with E-state index in [2.05, 4.69) is 39.1 Å². The van der Waals surface area contributed by atoms with Gasteiger partial charge in [-0.2, -0.15) is 0 Å². The van der Waals surface area contributed by atoms with Crippen molar-refractivity contribution in [2.24, 2.45) is 11.3 Å². The maximum absolute atomic E-state index is 15.3. The molecule has 11 atom stereocenters. The van der Waals surface area contributed by atoms with E-state index in [1.165, 1.54) is 21.1 Å². The number of para-hydroxylation sites is 1. The van der Waals surface area contributed by atoms with E-state index in [1.54, 1.807) is 7.11 Å². The van der Waals surface area contributed by atoms with Crippen molar-refractivity contribution in [3.8, 4) is 5.75 Å². The van der Waals surface area contributed by atoms with Crippen LogP contribution in [0.5, 0.6) is 5.75 Å². The van der Waals surface area contributed by atoms with Crippen LogP contribution in [0.25, 0.3) is 10.9 Å². The zero-order valence-electron chi connectivity index (χ0n) is 39.7. The molecule has 6 N–H and O–H groups in total. The lowest BCUT2D eigenvalue weighted by atomic mass is 9.47. The number of carboxylic acids is 2. The topological polar surface area (TPSA) is 249 Å². The number of hydrogen-bond donors (Lipinski definition) is 6. The predicted octanol–water partition coefficient (Wildman–Crippen LogP) is 2.90. The fraction of sp³-hybridized carbons (Fsp3) is 0.580. The van der Waals surface area contributed by atoms with Gasteiger partial charge in [0.25, 0.3) is 0 Å². The molecule has 0 radical (unpaired) electrons. The summed E-state index contributed by atoms with van der Waals surface area (Å²) >= 11 is 0. The van der Waals surface area contributed by atoms with E-state index in [4.69, 9.17) is 34.3 Å². The molecule has 18 nitrogen and oxygen atoms in total. The highest BCUT2D eigenvalue weighted by Crippen LogP contribution is 2.68. The Hall–Kier alpha value is -5.53. The van der Waals surface area contributed by atoms with Gasteiger partial charge >= 0.3 is 29.8 Å². The average Bonchev–Trinajstić information content (AvgIpc) is 3.98. The van der Waals surface area contributed by atoms with Crippen molar-refractivity contribution in [1.82, 2.24) is 14.8 Å². The molecule has 0 amide bonds. The van der Waals surface area contributed by atoms with Gasteiger partial charge in [-0.1, -0.05) is 44.2 Å². The highest BCUT2D eigenvalue weighted by molar-refractivity contribution is 5.95. The number of nitrogens with zero attached hydrogens (tertiary/aromatic N) is 3. The molecule has 2 saturated heterocycles. The number of aromatic nitrogens is 1. The van der Waals surface area contributed by atoms with E-state index in [0.717, 1.165) is 33.4 Å². The van der Waals surface area contributed by atoms with Crippen LogP contribution >= 0.6 is 0 Å². The highest BCUT2D eigenvalue weighted by atomic mass is 16.6. The number of ether oxygens (including phenoxy) is 4. The largest absolute Gasteiger partial charge is 0.496 e. The van der Waals surface area contributed by atoms with Gasteiger partial charge in [-0.05, 0) is 74.2 Å². The molecule has 18 heteroatoms. The number of carbonyl (C=O) groups is 5. The van der Waals surface area contributed by atoms with Gasteiger partial charge in [-0.15, -0.1) is 0 Å². The van der Waals surface area contributed by atoms with Gasteiger partial charge < -0.3 is 54.4 Å². The molecular weight excluding hydrogens is 881 g/mol. The first-order valence-electron chi connectivity index (χ1n) is 23.4. The van der Waals surface area contributed by atoms with Crippen LogP contribution in [0.15, 0.2) is 48.6 Å². The van der Waals surface area contributed by atoms with Gasteiger partial charge in [0, 0.05) is 90.9 Å². The van der Waals surface area contributed by atoms with E-state index < -0.39 is 82.0 Å². The first kappa shape index (κ1) is 48.9. The van der Waals surface area contributed by atoms with E-state index in [-0.39, 0.29) is 12.0 Å². The SMILES string of the molecule is CC[C@]1(O)C[C@H]2CN(CCc3c([nH]c4ccccc34)[C@@](C(=O)OC)(c3cc4c(cc3OC)N(C)[C@H]3[C@@](O)(C(=O)OC)[C@H](OC(C)=O)[C@]5(CC)C=CCN6CC[C@]43[C@@H]65)C2)C1.O=C(O)CC(O)C(=O)O. The Morgan fingerprint density at radius 1 is 0.926 bits per heavy atom. The number of fused-ring (bicyclic) bond motifs is 6. The van der Waals surface area contributed by atoms with Crippen molar-refractivity contribution >= 4 is 46.4 Å². The molecule has 2 aromatic carbocycles. The lowest BCUT2D eigenvalue weighted by Gasteiger charge is -2.63. The summed E-state index contributed by atoms with van der Waals surface area (Å²) in [7, 11) is 6.15. The molecule has 9 rings (SSSR count). The Bertz CT molecular complexity index is 2540. The third-order valence-corrected chi connectivity index (χ3v) is 16.3. The molecule has 1 aromatic heterocycles. The Balaban J connectivity index is 0.000000632. The molecule has 2 bridgehead atoms. The zero-order valence-corrected chi connectivity index (χ0v) is 39.7. The average molecular weight is 945 g/mol. The maximum atomic E-state index is 15.3. The molecule has 6 aliphatic rings. The number of carboxylic acid groups (broad SMARTS) is 2. The summed E-state index contributed by atoms with van der Waals surface area (Å²) < 4.78 is 23.9. The fourth-order valence-electron chi connectivity index (χ4n) is 13.8. The summed E-state index contributed by atoms with van der Waals surface area (Å²) in [4.78, 5) is 72.6. The number of rotatable bonds is 10. The molecule has 6 heterocycles. The number of likely N-dealkylation sites (N-methyl/N-ethyl adjacent to an activating group) is 1. The van der Waals surface area contributed by atoms with Crippen LogP contribution < -0.4 is 9.64 Å². The van der Waals surface area contributed by atoms with E-state index in [0.29, 0.717) is 82.6 Å². The highest BCUT2D eigenvalue weighted by Gasteiger charge is 2.80. The number of nitrogens with one attached hydrogen (secondary N) is 1. The summed E-state index contributed by atoms with van der Waals surface area (Å²) in [5.74, 6) is -4.41. The first-order chi connectivity index (χ1) is 32.3. The number of methoxy groups -OCH3 is 3. The Morgan fingerprint density at radius 3 is 2.26 bits per heavy atom. The van der Waals surface area contributed by atoms with Crippen LogP contribution in [-0.4, -0.2) is 167 Å². The molecule has 3 fully saturated rings. The lowest BCUT2D eigenvalue weighted by Crippen LogP contribution is -2.81. The van der Waals surface area contributed by atoms with Crippen LogP contribution in [0.2, 0.25) is 0 Å². The number of H-pyrrole nitrogens is 1. The third-order valence-electron chi connectivity index (χ3n) is 16.3. The van der Waals surface area contributed by atoms with Crippen LogP contribution in [0, 0.1) is 11.3 Å². The molecule has 1 spiro atoms. The Morgan fingerprint density at radius 2 is 1.65 bits per heavy atom. The summed E-state index contributed by atoms with van der Waals surface area (Å²) in [6, 6.07) is 11.0. The second-order valence-electron chi connectivity index (χ2n) is 19.7. The number of aliphatic carboxylic acids is 2. The minimum atomic E-state index is -2.30. The zero-order chi connectivity index (χ0) is 49.3. The maximum Gasteiger partial charge on any atom is 0.344 e. The van der Waals surface area contributed by atoms with Crippen molar-refractivity contribution in [3.05, 3.63) is 70.9 Å². The molecule has 3 aromatic rings. The van der Waals surface area contributed by atoms with E-state index >= 15 is 4.79 Å². The number of aliphatic hydroxyl groups is 3. The molecule has 1 aliphatic carbocycles. The van der Waals surface area contributed by atoms with Crippen molar-refractivity contribution in [2.45, 2.75) is 112 Å². The number of piperidine rings is 1. The lowest BCUT2D eigenvalue weighted by molar-refractivity contribution is -0.228. The van der Waals surface area contributed by atoms with Gasteiger partial charge in [0.2, 0.25) is 5.60 Å². The summed E-state index contributed by atoms with van der Waals surface area (Å²) in [6.07, 6.45) is 3.40. The molecular formula is C50H64N4O14. The number of hydrogen-bond acceptors (Lipinski definition) is 15. The van der Waals surface area contributed by atoms with Crippen molar-refractivity contribution in [2.75, 3.05) is 66.0 Å². The fourth-order valence-corrected chi connectivity index (χ4v) is 13.8. The number of benzene rings is 2. The van der Waals surface area contributed by atoms with Gasteiger partial charge in [-0.3, -0.25) is 24.2 Å². The Labute approximate surface area is 394 Å². The number of carbonyl (C=O) groups excluding carboxylic acids is 3. The normalized spacial score (nSPS) is 33.7. The summed E-state index contributed by atoms with van der Waals surface area (Å²) in [6.45, 7) is 8.62. The minimum Gasteiger partial charge on any atom is -0.496 e.